The molecule has 1 fully saturated rings. The second-order valence-corrected chi connectivity index (χ2v) is 9.01. The SMILES string of the molecule is CC(C)(C)n1ncc2c(=O)[nH]c(NCc3ccc(N4CCC(CO)CC4)cc3)nc21. The number of aliphatic hydroxyl groups excluding tert-OH is 1. The Morgan fingerprint density at radius 3 is 2.53 bits per heavy atom. The van der Waals surface area contributed by atoms with Gasteiger partial charge in [0.25, 0.3) is 5.56 Å². The van der Waals surface area contributed by atoms with Crippen LogP contribution in [0, 0.1) is 5.92 Å². The summed E-state index contributed by atoms with van der Waals surface area (Å²) in [6.07, 6.45) is 3.64. The number of hydrogen-bond acceptors (Lipinski definition) is 6. The summed E-state index contributed by atoms with van der Waals surface area (Å²) in [6, 6.07) is 8.45. The van der Waals surface area contributed by atoms with Crippen LogP contribution >= 0.6 is 0 Å². The Kier molecular flexibility index (Phi) is 5.51. The van der Waals surface area contributed by atoms with E-state index in [0.29, 0.717) is 29.4 Å². The average Bonchev–Trinajstić information content (AvgIpc) is 3.18. The molecule has 8 nitrogen and oxygen atoms in total. The molecule has 3 heterocycles. The minimum atomic E-state index is -0.263. The number of aromatic nitrogens is 4. The highest BCUT2D eigenvalue weighted by molar-refractivity contribution is 5.74. The first kappa shape index (κ1) is 20.4. The van der Waals surface area contributed by atoms with Crippen LogP contribution in [0.1, 0.15) is 39.2 Å². The maximum Gasteiger partial charge on any atom is 0.263 e. The fraction of sp³-hybridized carbons (Fsp3) is 0.500. The van der Waals surface area contributed by atoms with Gasteiger partial charge >= 0.3 is 0 Å². The van der Waals surface area contributed by atoms with Crippen molar-refractivity contribution in [3.63, 3.8) is 0 Å². The second-order valence-electron chi connectivity index (χ2n) is 9.01. The van der Waals surface area contributed by atoms with Gasteiger partial charge in [0.1, 0.15) is 5.39 Å². The molecule has 0 amide bonds. The van der Waals surface area contributed by atoms with Crippen molar-refractivity contribution in [1.29, 1.82) is 0 Å². The summed E-state index contributed by atoms with van der Waals surface area (Å²) >= 11 is 0. The van der Waals surface area contributed by atoms with Gasteiger partial charge in [0.2, 0.25) is 5.95 Å². The number of aromatic amines is 1. The molecule has 3 N–H and O–H groups in total. The summed E-state index contributed by atoms with van der Waals surface area (Å²) in [5.74, 6) is 0.875. The quantitative estimate of drug-likeness (QED) is 0.598. The predicted octanol–water partition coefficient (Wildman–Crippen LogP) is 2.70. The molecule has 1 aromatic carbocycles. The molecule has 0 spiro atoms. The van der Waals surface area contributed by atoms with E-state index in [9.17, 15) is 9.90 Å². The first-order chi connectivity index (χ1) is 14.3. The molecule has 3 aromatic rings. The van der Waals surface area contributed by atoms with Crippen molar-refractivity contribution in [3.05, 3.63) is 46.4 Å². The lowest BCUT2D eigenvalue weighted by Gasteiger charge is -2.33. The van der Waals surface area contributed by atoms with Crippen molar-refractivity contribution in [2.75, 3.05) is 29.9 Å². The van der Waals surface area contributed by atoms with Crippen LogP contribution in [0.25, 0.3) is 11.0 Å². The van der Waals surface area contributed by atoms with Crippen molar-refractivity contribution >= 4 is 22.7 Å². The fourth-order valence-electron chi connectivity index (χ4n) is 3.88. The third kappa shape index (κ3) is 4.18. The smallest absolute Gasteiger partial charge is 0.263 e. The van der Waals surface area contributed by atoms with Crippen molar-refractivity contribution < 1.29 is 5.11 Å². The minimum Gasteiger partial charge on any atom is -0.396 e. The van der Waals surface area contributed by atoms with Gasteiger partial charge in [0, 0.05) is 31.9 Å². The molecule has 1 aliphatic rings. The normalized spacial score (nSPS) is 15.7. The van der Waals surface area contributed by atoms with E-state index in [-0.39, 0.29) is 17.7 Å². The molecule has 0 bridgehead atoms. The summed E-state index contributed by atoms with van der Waals surface area (Å²) in [7, 11) is 0. The summed E-state index contributed by atoms with van der Waals surface area (Å²) in [6.45, 7) is 8.91. The first-order valence-corrected chi connectivity index (χ1v) is 10.5. The molecule has 160 valence electrons. The van der Waals surface area contributed by atoms with Gasteiger partial charge in [0.15, 0.2) is 5.65 Å². The zero-order chi connectivity index (χ0) is 21.3. The molecule has 0 unspecified atom stereocenters. The fourth-order valence-corrected chi connectivity index (χ4v) is 3.88. The maximum atomic E-state index is 12.4. The van der Waals surface area contributed by atoms with E-state index >= 15 is 0 Å². The molecule has 1 saturated heterocycles. The van der Waals surface area contributed by atoms with E-state index in [1.54, 1.807) is 10.9 Å². The molecule has 2 aromatic heterocycles. The summed E-state index contributed by atoms with van der Waals surface area (Å²) < 4.78 is 1.78. The van der Waals surface area contributed by atoms with Gasteiger partial charge in [-0.3, -0.25) is 9.78 Å². The lowest BCUT2D eigenvalue weighted by atomic mass is 9.97. The Balaban J connectivity index is 1.45. The van der Waals surface area contributed by atoms with Crippen LogP contribution in [0.3, 0.4) is 0 Å². The number of nitrogens with one attached hydrogen (secondary N) is 2. The Bertz CT molecular complexity index is 1060. The van der Waals surface area contributed by atoms with E-state index in [2.05, 4.69) is 49.5 Å². The van der Waals surface area contributed by atoms with Gasteiger partial charge in [-0.05, 0) is 57.2 Å². The molecular weight excluding hydrogens is 380 g/mol. The average molecular weight is 411 g/mol. The molecule has 4 rings (SSSR count). The zero-order valence-electron chi connectivity index (χ0n) is 17.9. The van der Waals surface area contributed by atoms with E-state index in [0.717, 1.165) is 31.5 Å². The first-order valence-electron chi connectivity index (χ1n) is 10.5. The highest BCUT2D eigenvalue weighted by Gasteiger charge is 2.20. The number of nitrogens with zero attached hydrogens (tertiary/aromatic N) is 4. The van der Waals surface area contributed by atoms with Crippen LogP contribution < -0.4 is 15.8 Å². The van der Waals surface area contributed by atoms with Gasteiger partial charge in [-0.2, -0.15) is 10.1 Å². The lowest BCUT2D eigenvalue weighted by molar-refractivity contribution is 0.203. The zero-order valence-corrected chi connectivity index (χ0v) is 17.9. The molecule has 0 atom stereocenters. The van der Waals surface area contributed by atoms with E-state index in [4.69, 9.17) is 0 Å². The van der Waals surface area contributed by atoms with Crippen LogP contribution in [-0.2, 0) is 12.1 Å². The maximum absolute atomic E-state index is 12.4. The largest absolute Gasteiger partial charge is 0.396 e. The van der Waals surface area contributed by atoms with Gasteiger partial charge in [-0.25, -0.2) is 4.68 Å². The third-order valence-corrected chi connectivity index (χ3v) is 5.71. The lowest BCUT2D eigenvalue weighted by Crippen LogP contribution is -2.34. The number of benzene rings is 1. The molecule has 0 aliphatic carbocycles. The number of H-pyrrole nitrogens is 1. The third-order valence-electron chi connectivity index (χ3n) is 5.71. The highest BCUT2D eigenvalue weighted by Crippen LogP contribution is 2.24. The van der Waals surface area contributed by atoms with Crippen LogP contribution in [0.4, 0.5) is 11.6 Å². The predicted molar refractivity (Wildman–Crippen MR) is 119 cm³/mol. The summed E-state index contributed by atoms with van der Waals surface area (Å²) in [5, 5.41) is 17.4. The van der Waals surface area contributed by atoms with E-state index in [1.165, 1.54) is 5.69 Å². The Labute approximate surface area is 175 Å². The molecule has 0 radical (unpaired) electrons. The van der Waals surface area contributed by atoms with Crippen LogP contribution in [0.2, 0.25) is 0 Å². The van der Waals surface area contributed by atoms with E-state index in [1.807, 2.05) is 20.8 Å². The number of hydrogen-bond donors (Lipinski definition) is 3. The van der Waals surface area contributed by atoms with E-state index < -0.39 is 0 Å². The molecule has 0 saturated carbocycles. The van der Waals surface area contributed by atoms with Crippen LogP contribution in [0.5, 0.6) is 0 Å². The number of piperidine rings is 1. The van der Waals surface area contributed by atoms with Crippen molar-refractivity contribution in [2.24, 2.45) is 5.92 Å². The van der Waals surface area contributed by atoms with Gasteiger partial charge in [-0.1, -0.05) is 12.1 Å². The second kappa shape index (κ2) is 8.10. The summed E-state index contributed by atoms with van der Waals surface area (Å²) in [4.78, 5) is 22.2. The number of rotatable bonds is 5. The molecule has 8 heteroatoms. The Morgan fingerprint density at radius 2 is 1.90 bits per heavy atom. The number of fused-ring (bicyclic) bond motifs is 1. The standard InChI is InChI=1S/C22H30N6O2/c1-22(2,3)28-19-18(13-24-28)20(30)26-21(25-19)23-12-15-4-6-17(7-5-15)27-10-8-16(14-29)9-11-27/h4-7,13,16,29H,8-12,14H2,1-3H3,(H2,23,25,26,30). The van der Waals surface area contributed by atoms with Gasteiger partial charge < -0.3 is 15.3 Å². The summed E-state index contributed by atoms with van der Waals surface area (Å²) in [5.41, 5.74) is 2.43. The Morgan fingerprint density at radius 1 is 1.20 bits per heavy atom. The number of anilines is 2. The minimum absolute atomic E-state index is 0.195. The van der Waals surface area contributed by atoms with Crippen LogP contribution in [0.15, 0.2) is 35.3 Å². The molecule has 1 aliphatic heterocycles. The molecule has 30 heavy (non-hydrogen) atoms. The van der Waals surface area contributed by atoms with Crippen molar-refractivity contribution in [1.82, 2.24) is 19.7 Å². The van der Waals surface area contributed by atoms with Crippen molar-refractivity contribution in [2.45, 2.75) is 45.7 Å². The molecular formula is C22H30N6O2. The topological polar surface area (TPSA) is 99.1 Å². The highest BCUT2D eigenvalue weighted by atomic mass is 16.3. The van der Waals surface area contributed by atoms with Crippen molar-refractivity contribution in [3.8, 4) is 0 Å². The number of aliphatic hydroxyl groups is 1. The van der Waals surface area contributed by atoms with Crippen LogP contribution in [-0.4, -0.2) is 44.6 Å². The monoisotopic (exact) mass is 410 g/mol. The van der Waals surface area contributed by atoms with Gasteiger partial charge in [0.05, 0.1) is 11.7 Å². The Hall–Kier alpha value is -2.87. The van der Waals surface area contributed by atoms with Gasteiger partial charge in [-0.15, -0.1) is 0 Å².